The van der Waals surface area contributed by atoms with Gasteiger partial charge in [0.25, 0.3) is 11.6 Å². The first-order valence-electron chi connectivity index (χ1n) is 7.40. The quantitative estimate of drug-likeness (QED) is 0.464. The van der Waals surface area contributed by atoms with E-state index in [9.17, 15) is 20.0 Å². The molecular formula is C17H17N3O6. The van der Waals surface area contributed by atoms with Gasteiger partial charge in [-0.2, -0.15) is 5.10 Å². The number of hydrazone groups is 1. The van der Waals surface area contributed by atoms with Gasteiger partial charge in [0.15, 0.2) is 11.5 Å². The van der Waals surface area contributed by atoms with Crippen molar-refractivity contribution in [2.45, 2.75) is 6.92 Å². The Labute approximate surface area is 149 Å². The van der Waals surface area contributed by atoms with E-state index in [1.807, 2.05) is 0 Å². The Kier molecular flexibility index (Phi) is 5.74. The van der Waals surface area contributed by atoms with Crippen molar-refractivity contribution < 1.29 is 24.3 Å². The van der Waals surface area contributed by atoms with Crippen LogP contribution in [0.3, 0.4) is 0 Å². The summed E-state index contributed by atoms with van der Waals surface area (Å²) in [6.07, 6.45) is 1.32. The molecule has 9 heteroatoms. The van der Waals surface area contributed by atoms with Gasteiger partial charge in [-0.05, 0) is 25.1 Å². The first-order valence-corrected chi connectivity index (χ1v) is 7.40. The molecule has 9 nitrogen and oxygen atoms in total. The summed E-state index contributed by atoms with van der Waals surface area (Å²) < 4.78 is 10.1. The molecule has 0 aromatic heterocycles. The maximum absolute atomic E-state index is 12.1. The number of phenols is 1. The van der Waals surface area contributed by atoms with Gasteiger partial charge < -0.3 is 14.6 Å². The highest BCUT2D eigenvalue weighted by molar-refractivity contribution is 5.95. The second-order valence-corrected chi connectivity index (χ2v) is 5.23. The van der Waals surface area contributed by atoms with E-state index >= 15 is 0 Å². The average molecular weight is 359 g/mol. The van der Waals surface area contributed by atoms with E-state index in [0.29, 0.717) is 11.1 Å². The summed E-state index contributed by atoms with van der Waals surface area (Å²) in [5.41, 5.74) is 3.22. The summed E-state index contributed by atoms with van der Waals surface area (Å²) in [7, 11) is 2.78. The Morgan fingerprint density at radius 1 is 1.23 bits per heavy atom. The summed E-state index contributed by atoms with van der Waals surface area (Å²) in [4.78, 5) is 22.5. The number of rotatable bonds is 6. The Bertz CT molecular complexity index is 854. The number of aromatic hydroxyl groups is 1. The monoisotopic (exact) mass is 359 g/mol. The van der Waals surface area contributed by atoms with Gasteiger partial charge >= 0.3 is 0 Å². The van der Waals surface area contributed by atoms with Crippen molar-refractivity contribution in [1.29, 1.82) is 0 Å². The van der Waals surface area contributed by atoms with Gasteiger partial charge in [0, 0.05) is 22.8 Å². The second kappa shape index (κ2) is 7.97. The second-order valence-electron chi connectivity index (χ2n) is 5.23. The number of ether oxygens (including phenoxy) is 2. The largest absolute Gasteiger partial charge is 0.502 e. The molecule has 0 heterocycles. The number of nitrogens with zero attached hydrogens (tertiary/aromatic N) is 2. The zero-order valence-corrected chi connectivity index (χ0v) is 14.3. The van der Waals surface area contributed by atoms with Crippen LogP contribution < -0.4 is 14.9 Å². The van der Waals surface area contributed by atoms with Crippen molar-refractivity contribution in [2.75, 3.05) is 14.2 Å². The van der Waals surface area contributed by atoms with E-state index in [1.54, 1.807) is 6.92 Å². The lowest BCUT2D eigenvalue weighted by molar-refractivity contribution is -0.385. The number of hydrogen-bond acceptors (Lipinski definition) is 7. The molecule has 0 radical (unpaired) electrons. The van der Waals surface area contributed by atoms with Gasteiger partial charge in [0.05, 0.1) is 25.4 Å². The van der Waals surface area contributed by atoms with E-state index in [-0.39, 0.29) is 28.5 Å². The van der Waals surface area contributed by atoms with Gasteiger partial charge in [-0.3, -0.25) is 14.9 Å². The molecular weight excluding hydrogens is 342 g/mol. The number of nitro benzene ring substituents is 1. The van der Waals surface area contributed by atoms with Crippen molar-refractivity contribution in [2.24, 2.45) is 5.10 Å². The molecule has 0 fully saturated rings. The summed E-state index contributed by atoms with van der Waals surface area (Å²) >= 11 is 0. The molecule has 0 aliphatic heterocycles. The first kappa shape index (κ1) is 18.7. The fraction of sp³-hybridized carbons (Fsp3) is 0.176. The predicted octanol–water partition coefficient (Wildman–Crippen LogP) is 2.39. The molecule has 1 amide bonds. The van der Waals surface area contributed by atoms with Gasteiger partial charge in [0.1, 0.15) is 0 Å². The van der Waals surface area contributed by atoms with Crippen molar-refractivity contribution in [3.8, 4) is 17.2 Å². The van der Waals surface area contributed by atoms with Crippen LogP contribution in [0.1, 0.15) is 21.5 Å². The first-order chi connectivity index (χ1) is 12.4. The van der Waals surface area contributed by atoms with Gasteiger partial charge in [0.2, 0.25) is 5.75 Å². The molecule has 0 saturated carbocycles. The summed E-state index contributed by atoms with van der Waals surface area (Å²) in [6.45, 7) is 1.59. The van der Waals surface area contributed by atoms with Crippen LogP contribution in [0.15, 0.2) is 35.4 Å². The third kappa shape index (κ3) is 4.07. The number of carbonyl (C=O) groups excluding carboxylic acids is 1. The topological polar surface area (TPSA) is 123 Å². The number of benzene rings is 2. The van der Waals surface area contributed by atoms with Gasteiger partial charge in [-0.1, -0.05) is 6.07 Å². The molecule has 2 aromatic carbocycles. The number of nitro groups is 1. The molecule has 0 atom stereocenters. The minimum Gasteiger partial charge on any atom is -0.502 e. The minimum atomic E-state index is -0.595. The molecule has 0 aliphatic rings. The number of hydrogen-bond donors (Lipinski definition) is 2. The fourth-order valence-electron chi connectivity index (χ4n) is 2.17. The molecule has 0 unspecified atom stereocenters. The molecule has 2 aromatic rings. The molecule has 26 heavy (non-hydrogen) atoms. The van der Waals surface area contributed by atoms with E-state index in [2.05, 4.69) is 10.5 Å². The molecule has 0 spiro atoms. The SMILES string of the molecule is COc1cc(/C=N/NC(=O)c2ccc(C)c([N+](=O)[O-])c2)cc(OC)c1O. The van der Waals surface area contributed by atoms with Crippen LogP contribution >= 0.6 is 0 Å². The lowest BCUT2D eigenvalue weighted by Gasteiger charge is -2.09. The maximum atomic E-state index is 12.1. The molecule has 2 N–H and O–H groups in total. The van der Waals surface area contributed by atoms with Crippen LogP contribution in [-0.4, -0.2) is 36.4 Å². The van der Waals surface area contributed by atoms with Crippen LogP contribution in [0.25, 0.3) is 0 Å². The Morgan fingerprint density at radius 3 is 2.38 bits per heavy atom. The number of phenolic OH excluding ortho intramolecular Hbond substituents is 1. The minimum absolute atomic E-state index is 0.111. The number of carbonyl (C=O) groups is 1. The highest BCUT2D eigenvalue weighted by Crippen LogP contribution is 2.36. The van der Waals surface area contributed by atoms with Crippen molar-refractivity contribution in [1.82, 2.24) is 5.43 Å². The molecule has 2 rings (SSSR count). The average Bonchev–Trinajstić information content (AvgIpc) is 2.62. The molecule has 0 saturated heterocycles. The van der Waals surface area contributed by atoms with Crippen molar-refractivity contribution >= 4 is 17.8 Å². The third-order valence-corrected chi connectivity index (χ3v) is 3.55. The Morgan fingerprint density at radius 2 is 1.85 bits per heavy atom. The third-order valence-electron chi connectivity index (χ3n) is 3.55. The number of nitrogens with one attached hydrogen (secondary N) is 1. The summed E-state index contributed by atoms with van der Waals surface area (Å²) in [5.74, 6) is -0.372. The van der Waals surface area contributed by atoms with E-state index in [4.69, 9.17) is 9.47 Å². The molecule has 136 valence electrons. The summed E-state index contributed by atoms with van der Waals surface area (Å²) in [6, 6.07) is 7.16. The smallest absolute Gasteiger partial charge is 0.273 e. The van der Waals surface area contributed by atoms with E-state index < -0.39 is 10.8 Å². The zero-order valence-electron chi connectivity index (χ0n) is 14.3. The van der Waals surface area contributed by atoms with Crippen LogP contribution in [-0.2, 0) is 0 Å². The molecule has 0 bridgehead atoms. The Hall–Kier alpha value is -3.62. The normalized spacial score (nSPS) is 10.6. The number of amides is 1. The zero-order chi connectivity index (χ0) is 19.3. The standard InChI is InChI=1S/C17H17N3O6/c1-10-4-5-12(8-13(10)20(23)24)17(22)19-18-9-11-6-14(25-2)16(21)15(7-11)26-3/h4-9,21H,1-3H3,(H,19,22)/b18-9+. The van der Waals surface area contributed by atoms with Gasteiger partial charge in [-0.25, -0.2) is 5.43 Å². The highest BCUT2D eigenvalue weighted by atomic mass is 16.6. The summed E-state index contributed by atoms with van der Waals surface area (Å²) in [5, 5.41) is 24.6. The van der Waals surface area contributed by atoms with Crippen molar-refractivity contribution in [3.05, 3.63) is 57.1 Å². The van der Waals surface area contributed by atoms with Crippen LogP contribution in [0.2, 0.25) is 0 Å². The van der Waals surface area contributed by atoms with Crippen LogP contribution in [0.5, 0.6) is 17.2 Å². The lowest BCUT2D eigenvalue weighted by Crippen LogP contribution is -2.17. The van der Waals surface area contributed by atoms with Gasteiger partial charge in [-0.15, -0.1) is 0 Å². The molecule has 0 aliphatic carbocycles. The highest BCUT2D eigenvalue weighted by Gasteiger charge is 2.15. The van der Waals surface area contributed by atoms with Crippen molar-refractivity contribution in [3.63, 3.8) is 0 Å². The number of methoxy groups -OCH3 is 2. The Balaban J connectivity index is 2.17. The van der Waals surface area contributed by atoms with Crippen LogP contribution in [0.4, 0.5) is 5.69 Å². The predicted molar refractivity (Wildman–Crippen MR) is 94.1 cm³/mol. The van der Waals surface area contributed by atoms with E-state index in [0.717, 1.165) is 0 Å². The fourth-order valence-corrected chi connectivity index (χ4v) is 2.17. The van der Waals surface area contributed by atoms with E-state index in [1.165, 1.54) is 50.8 Å². The lowest BCUT2D eigenvalue weighted by atomic mass is 10.1. The van der Waals surface area contributed by atoms with Crippen LogP contribution in [0, 0.1) is 17.0 Å². The number of aryl methyl sites for hydroxylation is 1. The maximum Gasteiger partial charge on any atom is 0.273 e.